The molecule has 5 rings (SSSR count). The number of benzene rings is 1. The van der Waals surface area contributed by atoms with Gasteiger partial charge in [-0.1, -0.05) is 18.2 Å². The van der Waals surface area contributed by atoms with Gasteiger partial charge in [0.2, 0.25) is 5.91 Å². The first-order valence-electron chi connectivity index (χ1n) is 11.4. The van der Waals surface area contributed by atoms with Gasteiger partial charge in [-0.05, 0) is 55.5 Å². The zero-order chi connectivity index (χ0) is 24.4. The summed E-state index contributed by atoms with van der Waals surface area (Å²) in [7, 11) is 0. The fourth-order valence-corrected chi connectivity index (χ4v) is 5.23. The van der Waals surface area contributed by atoms with Crippen LogP contribution in [0.25, 0.3) is 11.0 Å². The number of halogens is 1. The molecule has 10 heteroatoms. The maximum Gasteiger partial charge on any atom is 0.245 e. The normalized spacial score (nSPS) is 14.3. The molecule has 0 saturated carbocycles. The molecule has 1 aliphatic heterocycles. The Balaban J connectivity index is 1.33. The maximum absolute atomic E-state index is 11.9. The van der Waals surface area contributed by atoms with E-state index in [9.17, 15) is 4.79 Å². The molecular weight excluding hydrogens is 484 g/mol. The number of carbonyl (C=O) groups excluding carboxylic acids is 1. The lowest BCUT2D eigenvalue weighted by Gasteiger charge is -2.31. The lowest BCUT2D eigenvalue weighted by Crippen LogP contribution is -2.36. The third-order valence-electron chi connectivity index (χ3n) is 6.16. The Bertz CT molecular complexity index is 1380. The predicted molar refractivity (Wildman–Crippen MR) is 139 cm³/mol. The van der Waals surface area contributed by atoms with E-state index in [4.69, 9.17) is 16.3 Å². The van der Waals surface area contributed by atoms with Crippen molar-refractivity contribution in [3.63, 3.8) is 0 Å². The Morgan fingerprint density at radius 1 is 1.37 bits per heavy atom. The molecule has 1 aromatic carbocycles. The highest BCUT2D eigenvalue weighted by Gasteiger charge is 2.26. The fraction of sp³-hybridized carbons (Fsp3) is 0.280. The second-order valence-electron chi connectivity index (χ2n) is 8.41. The molecule has 1 aliphatic rings. The van der Waals surface area contributed by atoms with Crippen LogP contribution in [0, 0.1) is 6.92 Å². The van der Waals surface area contributed by atoms with Crippen molar-refractivity contribution in [1.29, 1.82) is 0 Å². The van der Waals surface area contributed by atoms with E-state index in [2.05, 4.69) is 31.8 Å². The van der Waals surface area contributed by atoms with Gasteiger partial charge in [0.1, 0.15) is 30.1 Å². The number of ether oxygens (including phenoxy) is 1. The first-order valence-corrected chi connectivity index (χ1v) is 12.6. The van der Waals surface area contributed by atoms with E-state index in [1.165, 1.54) is 12.4 Å². The number of nitrogens with zero attached hydrogens (tertiary/aromatic N) is 4. The van der Waals surface area contributed by atoms with Crippen LogP contribution >= 0.6 is 22.9 Å². The number of aryl methyl sites for hydroxylation is 1. The second kappa shape index (κ2) is 10.1. The van der Waals surface area contributed by atoms with Gasteiger partial charge >= 0.3 is 0 Å². The number of amides is 1. The van der Waals surface area contributed by atoms with E-state index >= 15 is 0 Å². The van der Waals surface area contributed by atoms with Crippen LogP contribution in [0.5, 0.6) is 5.75 Å². The third-order valence-corrected chi connectivity index (χ3v) is 7.28. The van der Waals surface area contributed by atoms with E-state index in [0.717, 1.165) is 45.8 Å². The van der Waals surface area contributed by atoms with Crippen LogP contribution in [-0.4, -0.2) is 43.8 Å². The van der Waals surface area contributed by atoms with Crippen molar-refractivity contribution in [2.45, 2.75) is 32.3 Å². The average molecular weight is 509 g/mol. The van der Waals surface area contributed by atoms with Gasteiger partial charge in [-0.3, -0.25) is 4.79 Å². The number of hydrogen-bond acceptors (Lipinski definition) is 7. The summed E-state index contributed by atoms with van der Waals surface area (Å²) in [6, 6.07) is 5.57. The monoisotopic (exact) mass is 508 g/mol. The van der Waals surface area contributed by atoms with Crippen molar-refractivity contribution < 1.29 is 9.53 Å². The van der Waals surface area contributed by atoms with E-state index in [1.54, 1.807) is 11.3 Å². The Labute approximate surface area is 212 Å². The number of likely N-dealkylation sites (tertiary alicyclic amines) is 1. The van der Waals surface area contributed by atoms with Crippen LogP contribution in [-0.2, 0) is 11.4 Å². The SMILES string of the molecule is C=CC(=O)N1CCC(c2c[nH]c3ncnc(Nc4ccc(OCc5csc(C)n5)c(Cl)c4)c23)CC1. The van der Waals surface area contributed by atoms with Crippen LogP contribution in [0.3, 0.4) is 0 Å². The topological polar surface area (TPSA) is 96.0 Å². The van der Waals surface area contributed by atoms with Crippen molar-refractivity contribution in [2.75, 3.05) is 18.4 Å². The Morgan fingerprint density at radius 2 is 2.20 bits per heavy atom. The van der Waals surface area contributed by atoms with Crippen molar-refractivity contribution in [3.8, 4) is 5.75 Å². The van der Waals surface area contributed by atoms with Gasteiger partial charge in [0.05, 0.1) is 21.1 Å². The molecule has 1 amide bonds. The Morgan fingerprint density at radius 3 is 2.91 bits per heavy atom. The Hall–Kier alpha value is -3.43. The molecule has 8 nitrogen and oxygen atoms in total. The molecule has 0 bridgehead atoms. The molecule has 0 aliphatic carbocycles. The number of hydrogen-bond donors (Lipinski definition) is 2. The molecule has 0 atom stereocenters. The van der Waals surface area contributed by atoms with Crippen LogP contribution < -0.4 is 10.1 Å². The molecule has 0 radical (unpaired) electrons. The van der Waals surface area contributed by atoms with Gasteiger partial charge < -0.3 is 19.9 Å². The van der Waals surface area contributed by atoms with Crippen molar-refractivity contribution in [3.05, 3.63) is 70.0 Å². The van der Waals surface area contributed by atoms with Gasteiger partial charge in [-0.25, -0.2) is 15.0 Å². The summed E-state index contributed by atoms with van der Waals surface area (Å²) < 4.78 is 5.85. The summed E-state index contributed by atoms with van der Waals surface area (Å²) >= 11 is 8.10. The van der Waals surface area contributed by atoms with Gasteiger partial charge in [-0.2, -0.15) is 0 Å². The average Bonchev–Trinajstić information content (AvgIpc) is 3.50. The largest absolute Gasteiger partial charge is 0.486 e. The molecule has 0 spiro atoms. The van der Waals surface area contributed by atoms with Gasteiger partial charge in [-0.15, -0.1) is 11.3 Å². The van der Waals surface area contributed by atoms with Crippen LogP contribution in [0.1, 0.15) is 35.0 Å². The highest BCUT2D eigenvalue weighted by atomic mass is 35.5. The molecule has 1 saturated heterocycles. The number of H-pyrrole nitrogens is 1. The van der Waals surface area contributed by atoms with Crippen molar-refractivity contribution in [1.82, 2.24) is 24.8 Å². The Kier molecular flexibility index (Phi) is 6.70. The van der Waals surface area contributed by atoms with E-state index < -0.39 is 0 Å². The maximum atomic E-state index is 11.9. The summed E-state index contributed by atoms with van der Waals surface area (Å²) in [6.45, 7) is 7.34. The zero-order valence-electron chi connectivity index (χ0n) is 19.3. The summed E-state index contributed by atoms with van der Waals surface area (Å²) in [5.41, 5.74) is 3.60. The van der Waals surface area contributed by atoms with Crippen LogP contribution in [0.15, 0.2) is 48.8 Å². The van der Waals surface area contributed by atoms with Crippen LogP contribution in [0.2, 0.25) is 5.02 Å². The van der Waals surface area contributed by atoms with E-state index in [1.807, 2.05) is 41.6 Å². The van der Waals surface area contributed by atoms with E-state index in [-0.39, 0.29) is 5.91 Å². The molecule has 1 fully saturated rings. The molecule has 2 N–H and O–H groups in total. The lowest BCUT2D eigenvalue weighted by molar-refractivity contribution is -0.127. The number of fused-ring (bicyclic) bond motifs is 1. The first kappa shape index (κ1) is 23.3. The highest BCUT2D eigenvalue weighted by Crippen LogP contribution is 2.37. The number of anilines is 2. The van der Waals surface area contributed by atoms with Crippen molar-refractivity contribution in [2.24, 2.45) is 0 Å². The molecule has 4 heterocycles. The van der Waals surface area contributed by atoms with Gasteiger partial charge in [0.15, 0.2) is 0 Å². The lowest BCUT2D eigenvalue weighted by atomic mass is 9.89. The zero-order valence-corrected chi connectivity index (χ0v) is 20.8. The summed E-state index contributed by atoms with van der Waals surface area (Å²) in [5, 5.41) is 7.84. The highest BCUT2D eigenvalue weighted by molar-refractivity contribution is 7.09. The molecule has 3 aromatic heterocycles. The van der Waals surface area contributed by atoms with Crippen molar-refractivity contribution >= 4 is 51.4 Å². The third kappa shape index (κ3) is 5.01. The smallest absolute Gasteiger partial charge is 0.245 e. The van der Waals surface area contributed by atoms with Crippen LogP contribution in [0.4, 0.5) is 11.5 Å². The molecule has 180 valence electrons. The van der Waals surface area contributed by atoms with Gasteiger partial charge in [0, 0.05) is 30.4 Å². The molecule has 4 aromatic rings. The fourth-order valence-electron chi connectivity index (χ4n) is 4.40. The number of aromatic nitrogens is 4. The predicted octanol–water partition coefficient (Wildman–Crippen LogP) is 5.59. The number of rotatable bonds is 7. The minimum atomic E-state index is -0.0148. The first-order chi connectivity index (χ1) is 17.0. The molecular formula is C25H25ClN6O2S. The standard InChI is InChI=1S/C25H25ClN6O2S/c1-3-22(33)32-8-6-16(7-9-32)19-11-27-24-23(19)25(29-14-28-24)31-17-4-5-21(20(26)10-17)34-12-18-13-35-15(2)30-18/h3-5,10-11,13-14,16H,1,6-9,12H2,2H3,(H2,27,28,29,31). The summed E-state index contributed by atoms with van der Waals surface area (Å²) in [5.74, 6) is 1.59. The van der Waals surface area contributed by atoms with Gasteiger partial charge in [0.25, 0.3) is 0 Å². The summed E-state index contributed by atoms with van der Waals surface area (Å²) in [4.78, 5) is 30.4. The summed E-state index contributed by atoms with van der Waals surface area (Å²) in [6.07, 6.45) is 6.66. The molecule has 0 unspecified atom stereocenters. The van der Waals surface area contributed by atoms with E-state index in [0.29, 0.717) is 42.2 Å². The number of aromatic amines is 1. The minimum absolute atomic E-state index is 0.0148. The minimum Gasteiger partial charge on any atom is -0.486 e. The number of carbonyl (C=O) groups is 1. The number of piperidine rings is 1. The second-order valence-corrected chi connectivity index (χ2v) is 9.88. The quantitative estimate of drug-likeness (QED) is 0.316. The number of nitrogens with one attached hydrogen (secondary N) is 2. The molecule has 35 heavy (non-hydrogen) atoms. The number of thiazole rings is 1.